The van der Waals surface area contributed by atoms with Crippen molar-refractivity contribution in [3.63, 3.8) is 0 Å². The maximum Gasteiger partial charge on any atom is 0.174 e. The quantitative estimate of drug-likeness (QED) is 0.496. The molecule has 2 heterocycles. The van der Waals surface area contributed by atoms with E-state index >= 15 is 0 Å². The summed E-state index contributed by atoms with van der Waals surface area (Å²) in [6.07, 6.45) is 1.58. The average Bonchev–Trinajstić information content (AvgIpc) is 3.21. The molecular weight excluding hydrogens is 439 g/mol. The van der Waals surface area contributed by atoms with Crippen molar-refractivity contribution in [1.82, 2.24) is 9.80 Å². The van der Waals surface area contributed by atoms with Crippen molar-refractivity contribution in [2.75, 3.05) is 32.7 Å². The van der Waals surface area contributed by atoms with Crippen LogP contribution in [-0.2, 0) is 11.2 Å². The van der Waals surface area contributed by atoms with E-state index in [2.05, 4.69) is 60.9 Å². The van der Waals surface area contributed by atoms with E-state index in [1.807, 2.05) is 17.5 Å². The lowest BCUT2D eigenvalue weighted by molar-refractivity contribution is -0.140. The number of piperazine rings is 1. The largest absolute Gasteiger partial charge is 0.357 e. The zero-order valence-corrected chi connectivity index (χ0v) is 20.5. The second kappa shape index (κ2) is 12.8. The first-order valence-corrected chi connectivity index (χ1v) is 11.0. The van der Waals surface area contributed by atoms with Crippen LogP contribution in [0, 0.1) is 0 Å². The Morgan fingerprint density at radius 1 is 1.03 bits per heavy atom. The minimum Gasteiger partial charge on any atom is -0.357 e. The lowest BCUT2D eigenvalue weighted by Crippen LogP contribution is -2.53. The smallest absolute Gasteiger partial charge is 0.174 e. The predicted molar refractivity (Wildman–Crippen MR) is 131 cm³/mol. The molecule has 3 rings (SSSR count). The van der Waals surface area contributed by atoms with Crippen molar-refractivity contribution in [1.29, 1.82) is 0 Å². The molecule has 1 fully saturated rings. The summed E-state index contributed by atoms with van der Waals surface area (Å²) in [4.78, 5) is 18.0. The van der Waals surface area contributed by atoms with Crippen molar-refractivity contribution < 1.29 is 9.53 Å². The molecule has 2 aromatic rings. The van der Waals surface area contributed by atoms with Gasteiger partial charge >= 0.3 is 0 Å². The summed E-state index contributed by atoms with van der Waals surface area (Å²) in [6.45, 7) is 11.1. The molecule has 1 aromatic heterocycles. The molecule has 30 heavy (non-hydrogen) atoms. The van der Waals surface area contributed by atoms with Crippen molar-refractivity contribution in [2.45, 2.75) is 45.4 Å². The molecule has 1 unspecified atom stereocenters. The number of hydrogen-bond donors (Lipinski definition) is 0. The zero-order chi connectivity index (χ0) is 20.0. The molecule has 1 aliphatic heterocycles. The molecule has 1 saturated heterocycles. The molecule has 0 spiro atoms. The number of halogens is 2. The number of hydrogen-bond acceptors (Lipinski definition) is 5. The molecule has 0 amide bonds. The van der Waals surface area contributed by atoms with Gasteiger partial charge in [-0.2, -0.15) is 0 Å². The third-order valence-electron chi connectivity index (χ3n) is 5.01. The van der Waals surface area contributed by atoms with Gasteiger partial charge in [-0.15, -0.1) is 36.2 Å². The Morgan fingerprint density at radius 2 is 1.70 bits per heavy atom. The minimum atomic E-state index is -0.177. The molecule has 0 bridgehead atoms. The molecule has 7 heteroatoms. The van der Waals surface area contributed by atoms with Crippen LogP contribution in [0.5, 0.6) is 0 Å². The molecule has 0 aliphatic carbocycles. The van der Waals surface area contributed by atoms with Gasteiger partial charge in [0.1, 0.15) is 6.23 Å². The van der Waals surface area contributed by atoms with Gasteiger partial charge in [0.05, 0.1) is 10.5 Å². The fourth-order valence-electron chi connectivity index (χ4n) is 3.56. The zero-order valence-electron chi connectivity index (χ0n) is 18.1. The van der Waals surface area contributed by atoms with Crippen LogP contribution in [0.1, 0.15) is 42.4 Å². The summed E-state index contributed by atoms with van der Waals surface area (Å²) in [5, 5.41) is 1.97. The molecule has 0 radical (unpaired) electrons. The summed E-state index contributed by atoms with van der Waals surface area (Å²) in [7, 11) is 0. The normalized spacial score (nSPS) is 16.4. The molecule has 0 saturated carbocycles. The third-order valence-corrected chi connectivity index (χ3v) is 5.92. The van der Waals surface area contributed by atoms with Crippen LogP contribution >= 0.6 is 36.2 Å². The summed E-state index contributed by atoms with van der Waals surface area (Å²) in [5.41, 5.74) is 1.13. The molecule has 1 aliphatic rings. The van der Waals surface area contributed by atoms with Gasteiger partial charge < -0.3 is 9.64 Å². The summed E-state index contributed by atoms with van der Waals surface area (Å²) < 4.78 is 6.42. The van der Waals surface area contributed by atoms with Crippen LogP contribution in [0.15, 0.2) is 47.8 Å². The van der Waals surface area contributed by atoms with Crippen molar-refractivity contribution in [3.05, 3.63) is 58.3 Å². The number of carbonyl (C=O) groups is 1. The lowest BCUT2D eigenvalue weighted by atomic mass is 10.1. The van der Waals surface area contributed by atoms with Gasteiger partial charge in [0.25, 0.3) is 0 Å². The molecule has 1 atom stereocenters. The third kappa shape index (κ3) is 8.66. The number of thiophene rings is 1. The van der Waals surface area contributed by atoms with Crippen molar-refractivity contribution in [3.8, 4) is 0 Å². The Kier molecular flexibility index (Phi) is 11.6. The number of carbonyl (C=O) groups excluding carboxylic acids is 1. The fraction of sp³-hybridized carbons (Fsp3) is 0.522. The van der Waals surface area contributed by atoms with E-state index in [9.17, 15) is 4.79 Å². The second-order valence-corrected chi connectivity index (χ2v) is 9.35. The van der Waals surface area contributed by atoms with Gasteiger partial charge in [-0.05, 0) is 37.8 Å². The number of benzene rings is 1. The van der Waals surface area contributed by atoms with Crippen LogP contribution in [-0.4, -0.2) is 60.1 Å². The van der Waals surface area contributed by atoms with E-state index in [4.69, 9.17) is 4.74 Å². The Bertz CT molecular complexity index is 727. The summed E-state index contributed by atoms with van der Waals surface area (Å²) in [5.74, 6) is 0.260. The average molecular weight is 474 g/mol. The van der Waals surface area contributed by atoms with Crippen molar-refractivity contribution in [2.24, 2.45) is 0 Å². The van der Waals surface area contributed by atoms with E-state index < -0.39 is 0 Å². The second-order valence-electron chi connectivity index (χ2n) is 8.40. The number of rotatable bonds is 8. The van der Waals surface area contributed by atoms with E-state index in [0.29, 0.717) is 6.42 Å². The molecular formula is C23H34Cl2N2O2S. The molecule has 4 nitrogen and oxygen atoms in total. The number of ketones is 1. The Labute approximate surface area is 197 Å². The van der Waals surface area contributed by atoms with E-state index in [0.717, 1.165) is 44.0 Å². The van der Waals surface area contributed by atoms with Gasteiger partial charge in [0, 0.05) is 45.6 Å². The highest BCUT2D eigenvalue weighted by Crippen LogP contribution is 2.20. The SMILES string of the molecule is CC(C)(C)OC(Cc1ccccc1)N1CCN(CCC(=O)c2cccs2)CC1.Cl.Cl. The first-order chi connectivity index (χ1) is 13.4. The van der Waals surface area contributed by atoms with Gasteiger partial charge in [0.15, 0.2) is 5.78 Å². The Hall–Kier alpha value is -0.950. The first kappa shape index (κ1) is 27.1. The Morgan fingerprint density at radius 3 is 2.27 bits per heavy atom. The van der Waals surface area contributed by atoms with E-state index in [1.54, 1.807) is 0 Å². The summed E-state index contributed by atoms with van der Waals surface area (Å²) in [6, 6.07) is 14.4. The highest BCUT2D eigenvalue weighted by molar-refractivity contribution is 7.12. The van der Waals surface area contributed by atoms with Gasteiger partial charge in [-0.25, -0.2) is 0 Å². The Balaban J connectivity index is 0.00000225. The van der Waals surface area contributed by atoms with E-state index in [1.165, 1.54) is 16.9 Å². The van der Waals surface area contributed by atoms with Crippen LogP contribution < -0.4 is 0 Å². The minimum absolute atomic E-state index is 0. The number of nitrogens with zero attached hydrogens (tertiary/aromatic N) is 2. The maximum absolute atomic E-state index is 12.2. The van der Waals surface area contributed by atoms with Crippen molar-refractivity contribution >= 4 is 41.9 Å². The number of Topliss-reactive ketones (excluding diaryl/α,β-unsaturated/α-hetero) is 1. The first-order valence-electron chi connectivity index (χ1n) is 10.2. The predicted octanol–water partition coefficient (Wildman–Crippen LogP) is 5.17. The van der Waals surface area contributed by atoms with Gasteiger partial charge in [-0.1, -0.05) is 36.4 Å². The molecule has 168 valence electrons. The molecule has 0 N–H and O–H groups in total. The van der Waals surface area contributed by atoms with Gasteiger partial charge in [0.2, 0.25) is 0 Å². The highest BCUT2D eigenvalue weighted by atomic mass is 35.5. The topological polar surface area (TPSA) is 32.8 Å². The number of ether oxygens (including phenoxy) is 1. The summed E-state index contributed by atoms with van der Waals surface area (Å²) >= 11 is 1.54. The van der Waals surface area contributed by atoms with Crippen LogP contribution in [0.3, 0.4) is 0 Å². The highest BCUT2D eigenvalue weighted by Gasteiger charge is 2.28. The van der Waals surface area contributed by atoms with Crippen LogP contribution in [0.4, 0.5) is 0 Å². The monoisotopic (exact) mass is 472 g/mol. The van der Waals surface area contributed by atoms with Crippen LogP contribution in [0.25, 0.3) is 0 Å². The van der Waals surface area contributed by atoms with Gasteiger partial charge in [-0.3, -0.25) is 9.69 Å². The standard InChI is InChI=1S/C23H32N2O2S.2ClH/c1-23(2,3)27-22(18-19-8-5-4-6-9-19)25-15-13-24(14-16-25)12-11-20(26)21-10-7-17-28-21;;/h4-10,17,22H,11-16,18H2,1-3H3;2*1H. The lowest BCUT2D eigenvalue weighted by Gasteiger charge is -2.41. The molecule has 1 aromatic carbocycles. The van der Waals surface area contributed by atoms with Crippen LogP contribution in [0.2, 0.25) is 0 Å². The van der Waals surface area contributed by atoms with E-state index in [-0.39, 0.29) is 42.4 Å². The fourth-order valence-corrected chi connectivity index (χ4v) is 4.26. The maximum atomic E-state index is 12.2.